The van der Waals surface area contributed by atoms with Gasteiger partial charge in [-0.15, -0.1) is 0 Å². The fourth-order valence-electron chi connectivity index (χ4n) is 6.25. The second-order valence-electron chi connectivity index (χ2n) is 10.9. The van der Waals surface area contributed by atoms with E-state index in [1.807, 2.05) is 54.4 Å². The molecule has 2 aliphatic rings. The Morgan fingerprint density at radius 2 is 1.81 bits per heavy atom. The third-order valence-corrected chi connectivity index (χ3v) is 8.32. The van der Waals surface area contributed by atoms with Gasteiger partial charge in [0, 0.05) is 43.7 Å². The largest absolute Gasteiger partial charge is 0.387 e. The SMILES string of the molecule is Cc1cccc(CN(C)C(=O)N2CCC(O)(Cn3cnc(-c4ccccc4)cc3=O)C3(CCCC3)C2)c1. The number of urea groups is 1. The first-order chi connectivity index (χ1) is 17.8. The summed E-state index contributed by atoms with van der Waals surface area (Å²) in [6.45, 7) is 3.75. The van der Waals surface area contributed by atoms with Gasteiger partial charge in [-0.3, -0.25) is 9.36 Å². The summed E-state index contributed by atoms with van der Waals surface area (Å²) in [6.07, 6.45) is 5.72. The number of rotatable bonds is 5. The third-order valence-electron chi connectivity index (χ3n) is 8.32. The number of aliphatic hydroxyl groups is 1. The zero-order valence-electron chi connectivity index (χ0n) is 21.8. The van der Waals surface area contributed by atoms with Crippen LogP contribution in [-0.2, 0) is 13.1 Å². The van der Waals surface area contributed by atoms with Crippen molar-refractivity contribution in [3.05, 3.63) is 88.5 Å². The van der Waals surface area contributed by atoms with Crippen LogP contribution in [0.5, 0.6) is 0 Å². The fraction of sp³-hybridized carbons (Fsp3) is 0.433. The van der Waals surface area contributed by atoms with Gasteiger partial charge in [0.2, 0.25) is 0 Å². The van der Waals surface area contributed by atoms with E-state index >= 15 is 0 Å². The van der Waals surface area contributed by atoms with Gasteiger partial charge in [0.15, 0.2) is 0 Å². The van der Waals surface area contributed by atoms with Gasteiger partial charge in [-0.1, -0.05) is 73.0 Å². The molecule has 1 saturated heterocycles. The molecule has 0 bridgehead atoms. The number of amides is 2. The monoisotopic (exact) mass is 500 g/mol. The summed E-state index contributed by atoms with van der Waals surface area (Å²) in [4.78, 5) is 34.6. The van der Waals surface area contributed by atoms with E-state index in [0.29, 0.717) is 31.7 Å². The highest BCUT2D eigenvalue weighted by atomic mass is 16.3. The van der Waals surface area contributed by atoms with Gasteiger partial charge in [0.05, 0.1) is 24.2 Å². The smallest absolute Gasteiger partial charge is 0.320 e. The van der Waals surface area contributed by atoms with Crippen LogP contribution in [0, 0.1) is 12.3 Å². The lowest BCUT2D eigenvalue weighted by atomic mass is 9.66. The van der Waals surface area contributed by atoms with E-state index in [0.717, 1.165) is 36.8 Å². The summed E-state index contributed by atoms with van der Waals surface area (Å²) >= 11 is 0. The minimum absolute atomic E-state index is 0.0131. The Morgan fingerprint density at radius 1 is 1.05 bits per heavy atom. The van der Waals surface area contributed by atoms with Crippen molar-refractivity contribution in [2.24, 2.45) is 5.41 Å². The first-order valence-electron chi connectivity index (χ1n) is 13.2. The Bertz CT molecular complexity index is 1320. The van der Waals surface area contributed by atoms with Crippen LogP contribution in [0.4, 0.5) is 4.79 Å². The average molecular weight is 501 g/mol. The Morgan fingerprint density at radius 3 is 2.51 bits per heavy atom. The Labute approximate surface area is 218 Å². The highest BCUT2D eigenvalue weighted by Gasteiger charge is 2.55. The van der Waals surface area contributed by atoms with E-state index in [-0.39, 0.29) is 18.1 Å². The van der Waals surface area contributed by atoms with Crippen molar-refractivity contribution >= 4 is 6.03 Å². The molecule has 1 spiro atoms. The minimum Gasteiger partial charge on any atom is -0.387 e. The number of benzene rings is 2. The molecule has 1 atom stereocenters. The average Bonchev–Trinajstić information content (AvgIpc) is 3.37. The van der Waals surface area contributed by atoms with Crippen molar-refractivity contribution in [3.8, 4) is 11.3 Å². The van der Waals surface area contributed by atoms with Gasteiger partial charge in [-0.2, -0.15) is 0 Å². The molecule has 2 fully saturated rings. The molecule has 2 heterocycles. The predicted octanol–water partition coefficient (Wildman–Crippen LogP) is 4.47. The summed E-state index contributed by atoms with van der Waals surface area (Å²) in [7, 11) is 1.84. The van der Waals surface area contributed by atoms with Crippen molar-refractivity contribution < 1.29 is 9.90 Å². The third kappa shape index (κ3) is 5.05. The maximum Gasteiger partial charge on any atom is 0.320 e. The van der Waals surface area contributed by atoms with Crippen molar-refractivity contribution in [2.45, 2.75) is 57.7 Å². The number of aryl methyl sites for hydroxylation is 1. The molecule has 1 N–H and O–H groups in total. The molecule has 1 unspecified atom stereocenters. The number of hydrogen-bond acceptors (Lipinski definition) is 4. The van der Waals surface area contributed by atoms with Crippen LogP contribution in [0.25, 0.3) is 11.3 Å². The van der Waals surface area contributed by atoms with E-state index in [4.69, 9.17) is 0 Å². The Hall–Kier alpha value is -3.45. The lowest BCUT2D eigenvalue weighted by molar-refractivity contribution is -0.136. The number of nitrogens with zero attached hydrogens (tertiary/aromatic N) is 4. The molecule has 2 amide bonds. The maximum atomic E-state index is 13.4. The number of likely N-dealkylation sites (tertiary alicyclic amines) is 1. The quantitative estimate of drug-likeness (QED) is 0.561. The van der Waals surface area contributed by atoms with Gasteiger partial charge in [0.1, 0.15) is 0 Å². The molecule has 37 heavy (non-hydrogen) atoms. The molecule has 7 heteroatoms. The molecule has 1 saturated carbocycles. The van der Waals surface area contributed by atoms with E-state index in [2.05, 4.69) is 24.0 Å². The molecule has 0 radical (unpaired) electrons. The van der Waals surface area contributed by atoms with Crippen molar-refractivity contribution in [3.63, 3.8) is 0 Å². The number of carbonyl (C=O) groups is 1. The molecule has 1 aliphatic heterocycles. The lowest BCUT2D eigenvalue weighted by Crippen LogP contribution is -2.63. The zero-order chi connectivity index (χ0) is 26.0. The topological polar surface area (TPSA) is 78.7 Å². The zero-order valence-corrected chi connectivity index (χ0v) is 21.8. The predicted molar refractivity (Wildman–Crippen MR) is 144 cm³/mol. The lowest BCUT2D eigenvalue weighted by Gasteiger charge is -2.52. The van der Waals surface area contributed by atoms with E-state index in [1.54, 1.807) is 17.3 Å². The molecule has 1 aliphatic carbocycles. The van der Waals surface area contributed by atoms with Gasteiger partial charge < -0.3 is 14.9 Å². The molecule has 7 nitrogen and oxygen atoms in total. The summed E-state index contributed by atoms with van der Waals surface area (Å²) in [5, 5.41) is 12.1. The van der Waals surface area contributed by atoms with Gasteiger partial charge in [-0.25, -0.2) is 9.78 Å². The van der Waals surface area contributed by atoms with Crippen LogP contribution in [0.3, 0.4) is 0 Å². The molecule has 194 valence electrons. The molecule has 5 rings (SSSR count). The van der Waals surface area contributed by atoms with Crippen LogP contribution >= 0.6 is 0 Å². The first-order valence-corrected chi connectivity index (χ1v) is 13.2. The molecular formula is C30H36N4O3. The van der Waals surface area contributed by atoms with Crippen LogP contribution in [0.2, 0.25) is 0 Å². The molecule has 1 aromatic heterocycles. The van der Waals surface area contributed by atoms with Crippen LogP contribution in [0.15, 0.2) is 71.8 Å². The highest BCUT2D eigenvalue weighted by Crippen LogP contribution is 2.51. The molecule has 3 aromatic rings. The van der Waals surface area contributed by atoms with E-state index in [9.17, 15) is 14.7 Å². The normalized spacial score (nSPS) is 20.8. The second-order valence-corrected chi connectivity index (χ2v) is 10.9. The van der Waals surface area contributed by atoms with Crippen LogP contribution in [-0.4, -0.2) is 56.2 Å². The Kier molecular flexibility index (Phi) is 6.90. The number of piperidine rings is 1. The van der Waals surface area contributed by atoms with E-state index in [1.165, 1.54) is 10.1 Å². The summed E-state index contributed by atoms with van der Waals surface area (Å²) in [6, 6.07) is 19.4. The van der Waals surface area contributed by atoms with Gasteiger partial charge in [-0.05, 0) is 31.7 Å². The van der Waals surface area contributed by atoms with Gasteiger partial charge >= 0.3 is 6.03 Å². The van der Waals surface area contributed by atoms with Crippen molar-refractivity contribution in [2.75, 3.05) is 20.1 Å². The summed E-state index contributed by atoms with van der Waals surface area (Å²) in [5.41, 5.74) is 2.11. The number of aromatic nitrogens is 2. The maximum absolute atomic E-state index is 13.4. The molecular weight excluding hydrogens is 464 g/mol. The van der Waals surface area contributed by atoms with Crippen LogP contribution in [0.1, 0.15) is 43.2 Å². The summed E-state index contributed by atoms with van der Waals surface area (Å²) in [5.74, 6) is 0. The fourth-order valence-corrected chi connectivity index (χ4v) is 6.25. The second kappa shape index (κ2) is 10.1. The standard InChI is InChI=1S/C30H36N4O3/c1-23-9-8-10-24(17-23)19-32(2)28(36)33-16-15-30(37,29(20-33)13-6-7-14-29)21-34-22-31-26(18-27(34)35)25-11-4-3-5-12-25/h3-5,8-12,17-18,22,37H,6-7,13-16,19-21H2,1-2H3. The number of hydrogen-bond donors (Lipinski definition) is 1. The van der Waals surface area contributed by atoms with Crippen molar-refractivity contribution in [1.29, 1.82) is 0 Å². The van der Waals surface area contributed by atoms with Crippen molar-refractivity contribution in [1.82, 2.24) is 19.4 Å². The Balaban J connectivity index is 1.33. The number of carbonyl (C=O) groups excluding carboxylic acids is 1. The van der Waals surface area contributed by atoms with E-state index < -0.39 is 11.0 Å². The first kappa shape index (κ1) is 25.2. The van der Waals surface area contributed by atoms with Crippen LogP contribution < -0.4 is 5.56 Å². The van der Waals surface area contributed by atoms with Gasteiger partial charge in [0.25, 0.3) is 5.56 Å². The highest BCUT2D eigenvalue weighted by molar-refractivity contribution is 5.74. The molecule has 2 aromatic carbocycles. The minimum atomic E-state index is -1.07. The summed E-state index contributed by atoms with van der Waals surface area (Å²) < 4.78 is 1.54.